The minimum Gasteiger partial charge on any atom is -0.216 e. The predicted octanol–water partition coefficient (Wildman–Crippen LogP) is 0.543. The van der Waals surface area contributed by atoms with Crippen molar-refractivity contribution in [2.24, 2.45) is 0 Å². The molecule has 1 aromatic heterocycles. The third kappa shape index (κ3) is 2.04. The van der Waals surface area contributed by atoms with Crippen molar-refractivity contribution in [3.63, 3.8) is 0 Å². The second-order valence-electron chi connectivity index (χ2n) is 2.24. The summed E-state index contributed by atoms with van der Waals surface area (Å²) in [5, 5.41) is 4.09. The summed E-state index contributed by atoms with van der Waals surface area (Å²) < 4.78 is 3.77. The van der Waals surface area contributed by atoms with Gasteiger partial charge in [-0.25, -0.2) is 4.57 Å². The number of allylic oxidation sites excluding steroid dienone is 2. The highest BCUT2D eigenvalue weighted by atomic mass is 15.3. The van der Waals surface area contributed by atoms with Gasteiger partial charge in [0.05, 0.1) is 0 Å². The summed E-state index contributed by atoms with van der Waals surface area (Å²) in [6, 6.07) is 0. The van der Waals surface area contributed by atoms with Gasteiger partial charge in [-0.15, -0.1) is 4.68 Å². The molecule has 1 rings (SSSR count). The van der Waals surface area contributed by atoms with Crippen LogP contribution in [0.15, 0.2) is 38.0 Å². The van der Waals surface area contributed by atoms with Gasteiger partial charge >= 0.3 is 0 Å². The molecule has 0 atom stereocenters. The van der Waals surface area contributed by atoms with E-state index in [1.54, 1.807) is 6.33 Å². The summed E-state index contributed by atoms with van der Waals surface area (Å²) in [6.45, 7) is 8.81. The summed E-state index contributed by atoms with van der Waals surface area (Å²) in [5.41, 5.74) is 0. The fourth-order valence-corrected chi connectivity index (χ4v) is 0.833. The van der Waals surface area contributed by atoms with E-state index in [0.29, 0.717) is 0 Å². The van der Waals surface area contributed by atoms with E-state index in [1.807, 2.05) is 27.7 Å². The zero-order valence-electron chi connectivity index (χ0n) is 6.48. The molecule has 0 aliphatic heterocycles. The smallest absolute Gasteiger partial charge is 0.216 e. The molecule has 11 heavy (non-hydrogen) atoms. The van der Waals surface area contributed by atoms with Crippen LogP contribution in [0.2, 0.25) is 0 Å². The minimum absolute atomic E-state index is 0.754. The van der Waals surface area contributed by atoms with Crippen molar-refractivity contribution >= 4 is 0 Å². The molecule has 58 valence electrons. The number of aromatic nitrogens is 3. The highest BCUT2D eigenvalue weighted by Gasteiger charge is 1.99. The molecule has 0 N–H and O–H groups in total. The van der Waals surface area contributed by atoms with E-state index in [1.165, 1.54) is 0 Å². The third-order valence-electron chi connectivity index (χ3n) is 1.29. The average Bonchev–Trinajstić information content (AvgIpc) is 2.38. The summed E-state index contributed by atoms with van der Waals surface area (Å²) in [5.74, 6) is 0. The van der Waals surface area contributed by atoms with E-state index >= 15 is 0 Å². The van der Waals surface area contributed by atoms with Crippen LogP contribution in [0.1, 0.15) is 0 Å². The Hall–Kier alpha value is -1.38. The molecule has 3 heteroatoms. The topological polar surface area (TPSA) is 21.7 Å². The van der Waals surface area contributed by atoms with Crippen LogP contribution < -0.4 is 4.68 Å². The largest absolute Gasteiger partial charge is 0.266 e. The Kier molecular flexibility index (Phi) is 2.60. The standard InChI is InChI=1S/C8H12N3/c1-3-5-10-7-9-11(8-10)6-4-2/h3-4,7-8H,1-2,5-6H2/q+1. The Morgan fingerprint density at radius 1 is 1.45 bits per heavy atom. The van der Waals surface area contributed by atoms with Crippen molar-refractivity contribution in [2.45, 2.75) is 13.1 Å². The molecular weight excluding hydrogens is 138 g/mol. The molecule has 1 heterocycles. The van der Waals surface area contributed by atoms with E-state index in [2.05, 4.69) is 18.3 Å². The lowest BCUT2D eigenvalue weighted by atomic mass is 10.6. The van der Waals surface area contributed by atoms with Gasteiger partial charge in [0.15, 0.2) is 0 Å². The molecule has 0 saturated carbocycles. The van der Waals surface area contributed by atoms with Crippen molar-refractivity contribution < 1.29 is 4.68 Å². The zero-order chi connectivity index (χ0) is 8.10. The maximum atomic E-state index is 4.09. The predicted molar refractivity (Wildman–Crippen MR) is 42.8 cm³/mol. The van der Waals surface area contributed by atoms with E-state index < -0.39 is 0 Å². The van der Waals surface area contributed by atoms with E-state index in [0.717, 1.165) is 13.1 Å². The Balaban J connectivity index is 2.64. The molecule has 0 aliphatic rings. The maximum Gasteiger partial charge on any atom is 0.266 e. The lowest BCUT2D eigenvalue weighted by molar-refractivity contribution is -0.742. The molecule has 0 spiro atoms. The molecule has 0 amide bonds. The molecule has 1 aromatic rings. The van der Waals surface area contributed by atoms with Crippen molar-refractivity contribution in [2.75, 3.05) is 0 Å². The number of rotatable bonds is 4. The fourth-order valence-electron chi connectivity index (χ4n) is 0.833. The van der Waals surface area contributed by atoms with Crippen molar-refractivity contribution in [3.05, 3.63) is 38.0 Å². The average molecular weight is 150 g/mol. The number of hydrogen-bond acceptors (Lipinski definition) is 1. The lowest BCUT2D eigenvalue weighted by Crippen LogP contribution is -2.33. The second kappa shape index (κ2) is 3.71. The van der Waals surface area contributed by atoms with Crippen LogP contribution in [-0.4, -0.2) is 9.67 Å². The summed E-state index contributed by atoms with van der Waals surface area (Å²) in [4.78, 5) is 0. The van der Waals surface area contributed by atoms with Crippen molar-refractivity contribution in [1.29, 1.82) is 0 Å². The third-order valence-corrected chi connectivity index (χ3v) is 1.29. The van der Waals surface area contributed by atoms with Crippen LogP contribution in [0.4, 0.5) is 0 Å². The molecule has 3 nitrogen and oxygen atoms in total. The molecule has 0 fully saturated rings. The fraction of sp³-hybridized carbons (Fsp3) is 0.250. The first-order chi connectivity index (χ1) is 5.36. The first-order valence-corrected chi connectivity index (χ1v) is 3.50. The molecule has 0 bridgehead atoms. The van der Waals surface area contributed by atoms with E-state index in [9.17, 15) is 0 Å². The Labute approximate surface area is 66.3 Å². The van der Waals surface area contributed by atoms with Crippen molar-refractivity contribution in [1.82, 2.24) is 9.67 Å². The minimum atomic E-state index is 0.754. The molecular formula is C8H12N3+. The molecule has 0 radical (unpaired) electrons. The lowest BCUT2D eigenvalue weighted by Gasteiger charge is -1.83. The first kappa shape index (κ1) is 7.72. The van der Waals surface area contributed by atoms with Gasteiger partial charge in [-0.1, -0.05) is 19.2 Å². The SMILES string of the molecule is C=CCn1cn[n+](CC=C)c1. The van der Waals surface area contributed by atoms with Gasteiger partial charge < -0.3 is 0 Å². The number of hydrogen-bond donors (Lipinski definition) is 0. The van der Waals surface area contributed by atoms with Crippen LogP contribution in [0.3, 0.4) is 0 Å². The van der Waals surface area contributed by atoms with Crippen LogP contribution in [0, 0.1) is 0 Å². The Bertz CT molecular complexity index is 225. The molecule has 0 saturated heterocycles. The Morgan fingerprint density at radius 3 is 2.91 bits per heavy atom. The van der Waals surface area contributed by atoms with Gasteiger partial charge in [0, 0.05) is 0 Å². The summed E-state index contributed by atoms with van der Waals surface area (Å²) >= 11 is 0. The van der Waals surface area contributed by atoms with Gasteiger partial charge in [-0.2, -0.15) is 0 Å². The van der Waals surface area contributed by atoms with Crippen molar-refractivity contribution in [3.8, 4) is 0 Å². The van der Waals surface area contributed by atoms with Crippen LogP contribution in [0.5, 0.6) is 0 Å². The van der Waals surface area contributed by atoms with Crippen LogP contribution >= 0.6 is 0 Å². The summed E-state index contributed by atoms with van der Waals surface area (Å²) in [6.07, 6.45) is 7.33. The zero-order valence-corrected chi connectivity index (χ0v) is 6.48. The maximum absolute atomic E-state index is 4.09. The van der Waals surface area contributed by atoms with Gasteiger partial charge in [-0.05, 0) is 11.2 Å². The van der Waals surface area contributed by atoms with Gasteiger partial charge in [0.25, 0.3) is 6.33 Å². The monoisotopic (exact) mass is 150 g/mol. The highest BCUT2D eigenvalue weighted by molar-refractivity contribution is 4.69. The van der Waals surface area contributed by atoms with Gasteiger partial charge in [-0.3, -0.25) is 0 Å². The Morgan fingerprint density at radius 2 is 2.27 bits per heavy atom. The first-order valence-electron chi connectivity index (χ1n) is 3.50. The highest BCUT2D eigenvalue weighted by Crippen LogP contribution is 1.80. The van der Waals surface area contributed by atoms with Crippen LogP contribution in [0.25, 0.3) is 0 Å². The van der Waals surface area contributed by atoms with E-state index in [4.69, 9.17) is 0 Å². The van der Waals surface area contributed by atoms with Gasteiger partial charge in [0.2, 0.25) is 6.33 Å². The molecule has 0 aliphatic carbocycles. The van der Waals surface area contributed by atoms with Crippen LogP contribution in [-0.2, 0) is 13.1 Å². The van der Waals surface area contributed by atoms with Gasteiger partial charge in [0.1, 0.15) is 13.1 Å². The summed E-state index contributed by atoms with van der Waals surface area (Å²) in [7, 11) is 0. The van der Waals surface area contributed by atoms with E-state index in [-0.39, 0.29) is 0 Å². The normalized spacial score (nSPS) is 9.45. The second-order valence-corrected chi connectivity index (χ2v) is 2.24. The molecule has 0 unspecified atom stereocenters. The quantitative estimate of drug-likeness (QED) is 0.453. The molecule has 0 aromatic carbocycles. The number of nitrogens with zero attached hydrogens (tertiary/aromatic N) is 3.